The first-order valence-electron chi connectivity index (χ1n) is 9.27. The number of halogens is 1. The zero-order valence-corrected chi connectivity index (χ0v) is 18.4. The van der Waals surface area contributed by atoms with Crippen LogP contribution >= 0.6 is 23.4 Å². The molecule has 146 valence electrons. The average molecular weight is 458 g/mol. The molecule has 0 radical (unpaired) electrons. The Labute approximate surface area is 192 Å². The van der Waals surface area contributed by atoms with Gasteiger partial charge in [0.05, 0.1) is 5.69 Å². The van der Waals surface area contributed by atoms with Crippen LogP contribution in [0.3, 0.4) is 0 Å². The van der Waals surface area contributed by atoms with E-state index in [0.717, 1.165) is 28.4 Å². The van der Waals surface area contributed by atoms with E-state index in [1.807, 2.05) is 60.3 Å². The van der Waals surface area contributed by atoms with Crippen LogP contribution in [0.5, 0.6) is 0 Å². The average Bonchev–Trinajstić information content (AvgIpc) is 3.43. The molecule has 1 unspecified atom stereocenters. The number of thioether (sulfide) groups is 1. The summed E-state index contributed by atoms with van der Waals surface area (Å²) in [6, 6.07) is 35.0. The van der Waals surface area contributed by atoms with Crippen LogP contribution in [0.2, 0.25) is 5.02 Å². The number of fused-ring (bicyclic) bond motifs is 1. The van der Waals surface area contributed by atoms with Crippen molar-refractivity contribution < 1.29 is 17.1 Å². The molecule has 0 saturated heterocycles. The molecule has 1 atom stereocenters. The van der Waals surface area contributed by atoms with Gasteiger partial charge in [-0.15, -0.1) is 11.8 Å². The zero-order valence-electron chi connectivity index (χ0n) is 15.7. The Hall–Kier alpha value is -2.03. The van der Waals surface area contributed by atoms with Crippen LogP contribution < -0.4 is 0 Å². The summed E-state index contributed by atoms with van der Waals surface area (Å²) in [4.78, 5) is 6.19. The van der Waals surface area contributed by atoms with E-state index in [1.165, 1.54) is 10.5 Å². The third-order valence-electron chi connectivity index (χ3n) is 4.56. The molecule has 1 heterocycles. The van der Waals surface area contributed by atoms with E-state index in [-0.39, 0.29) is 17.1 Å². The van der Waals surface area contributed by atoms with Crippen molar-refractivity contribution in [3.05, 3.63) is 119 Å². The first-order valence-corrected chi connectivity index (χ1v) is 10.5. The largest absolute Gasteiger partial charge is 2.00 e. The summed E-state index contributed by atoms with van der Waals surface area (Å²) in [7, 11) is 0. The van der Waals surface area contributed by atoms with Gasteiger partial charge in [0.1, 0.15) is 0 Å². The van der Waals surface area contributed by atoms with Crippen LogP contribution in [0, 0.1) is 0 Å². The number of benzene rings is 2. The second-order valence-corrected chi connectivity index (χ2v) is 8.21. The van der Waals surface area contributed by atoms with Gasteiger partial charge in [-0.05, 0) is 41.5 Å². The van der Waals surface area contributed by atoms with E-state index in [0.29, 0.717) is 5.25 Å². The maximum atomic E-state index is 6.03. The molecule has 1 aliphatic rings. The van der Waals surface area contributed by atoms with Gasteiger partial charge in [0, 0.05) is 15.6 Å². The molecule has 0 bridgehead atoms. The zero-order chi connectivity index (χ0) is 19.2. The van der Waals surface area contributed by atoms with Crippen LogP contribution in [0.25, 0.3) is 0 Å². The molecule has 4 aromatic carbocycles. The van der Waals surface area contributed by atoms with Crippen molar-refractivity contribution in [3.8, 4) is 0 Å². The molecule has 5 rings (SSSR count). The third-order valence-corrected chi connectivity index (χ3v) is 6.14. The second kappa shape index (κ2) is 10.7. The van der Waals surface area contributed by atoms with Gasteiger partial charge in [-0.3, -0.25) is 4.99 Å². The fourth-order valence-corrected chi connectivity index (χ4v) is 4.50. The second-order valence-electron chi connectivity index (χ2n) is 6.52. The predicted molar refractivity (Wildman–Crippen MR) is 121 cm³/mol. The van der Waals surface area contributed by atoms with Gasteiger partial charge < -0.3 is 0 Å². The van der Waals surface area contributed by atoms with Gasteiger partial charge >= 0.3 is 17.1 Å². The predicted octanol–water partition coefficient (Wildman–Crippen LogP) is 7.82. The summed E-state index contributed by atoms with van der Waals surface area (Å²) in [6.07, 6.45) is 0.908. The molecule has 29 heavy (non-hydrogen) atoms. The van der Waals surface area contributed by atoms with Crippen molar-refractivity contribution in [1.82, 2.24) is 0 Å². The molecular weight excluding hydrogens is 438 g/mol. The summed E-state index contributed by atoms with van der Waals surface area (Å²) >= 11 is 7.93. The molecule has 4 aromatic rings. The maximum Gasteiger partial charge on any atom is 2.00 e. The standard InChI is InChI=1S/C20H15ClNS.C5H5.Fe/c21-16-11-9-14(10-12-16)18-13-20(15-5-1-2-6-15)23-19-8-4-3-7-17(19)22-18;1-2-4-5-3-1;/h1-12,20H,13H2;1-5H;/q2*-1;+2. The minimum atomic E-state index is 0. The Kier molecular flexibility index (Phi) is 7.97. The smallest absolute Gasteiger partial charge is 0.252 e. The summed E-state index contributed by atoms with van der Waals surface area (Å²) in [5.41, 5.74) is 4.67. The molecule has 1 aliphatic heterocycles. The molecular formula is C25H20ClFeNS. The number of rotatable bonds is 2. The van der Waals surface area contributed by atoms with Crippen molar-refractivity contribution in [2.45, 2.75) is 16.6 Å². The van der Waals surface area contributed by atoms with E-state index < -0.39 is 0 Å². The van der Waals surface area contributed by atoms with Crippen molar-refractivity contribution in [2.24, 2.45) is 4.99 Å². The quantitative estimate of drug-likeness (QED) is 0.221. The number of nitrogens with zero attached hydrogens (tertiary/aromatic N) is 1. The molecule has 0 spiro atoms. The Morgan fingerprint density at radius 1 is 0.862 bits per heavy atom. The monoisotopic (exact) mass is 457 g/mol. The molecule has 0 amide bonds. The van der Waals surface area contributed by atoms with Crippen LogP contribution in [0.4, 0.5) is 5.69 Å². The number of aliphatic imine (C=N–C) groups is 1. The van der Waals surface area contributed by atoms with Crippen LogP contribution in [-0.4, -0.2) is 5.71 Å². The Bertz CT molecular complexity index is 1000. The van der Waals surface area contributed by atoms with Gasteiger partial charge in [0.2, 0.25) is 0 Å². The van der Waals surface area contributed by atoms with Gasteiger partial charge in [0.25, 0.3) is 0 Å². The van der Waals surface area contributed by atoms with E-state index in [9.17, 15) is 0 Å². The summed E-state index contributed by atoms with van der Waals surface area (Å²) < 4.78 is 0. The fraction of sp³-hybridized carbons (Fsp3) is 0.0800. The molecule has 4 heteroatoms. The minimum Gasteiger partial charge on any atom is -0.252 e. The maximum absolute atomic E-state index is 6.03. The van der Waals surface area contributed by atoms with E-state index >= 15 is 0 Å². The summed E-state index contributed by atoms with van der Waals surface area (Å²) in [5.74, 6) is 0. The van der Waals surface area contributed by atoms with Crippen LogP contribution in [0.1, 0.15) is 22.8 Å². The van der Waals surface area contributed by atoms with Gasteiger partial charge in [-0.25, -0.2) is 18.2 Å². The van der Waals surface area contributed by atoms with E-state index in [2.05, 4.69) is 54.6 Å². The first-order chi connectivity index (χ1) is 13.8. The minimum absolute atomic E-state index is 0. The van der Waals surface area contributed by atoms with E-state index in [4.69, 9.17) is 16.6 Å². The van der Waals surface area contributed by atoms with Gasteiger partial charge in [-0.2, -0.15) is 42.0 Å². The fourth-order valence-electron chi connectivity index (χ4n) is 3.15. The molecule has 0 aromatic heterocycles. The number of para-hydroxylation sites is 1. The van der Waals surface area contributed by atoms with Crippen molar-refractivity contribution in [3.63, 3.8) is 0 Å². The van der Waals surface area contributed by atoms with Gasteiger partial charge in [0.15, 0.2) is 0 Å². The Balaban J connectivity index is 0.000000352. The molecule has 0 N–H and O–H groups in total. The summed E-state index contributed by atoms with van der Waals surface area (Å²) in [6.45, 7) is 0. The molecule has 0 saturated carbocycles. The molecule has 0 fully saturated rings. The Morgan fingerprint density at radius 3 is 2.28 bits per heavy atom. The van der Waals surface area contributed by atoms with Gasteiger partial charge in [-0.1, -0.05) is 35.9 Å². The van der Waals surface area contributed by atoms with E-state index in [1.54, 1.807) is 0 Å². The third kappa shape index (κ3) is 5.74. The van der Waals surface area contributed by atoms with Crippen molar-refractivity contribution >= 4 is 34.8 Å². The van der Waals surface area contributed by atoms with Crippen LogP contribution in [0.15, 0.2) is 113 Å². The van der Waals surface area contributed by atoms with Crippen molar-refractivity contribution in [1.29, 1.82) is 0 Å². The Morgan fingerprint density at radius 2 is 1.62 bits per heavy atom. The molecule has 0 aliphatic carbocycles. The number of hydrogen-bond donors (Lipinski definition) is 0. The molecule has 1 nitrogen and oxygen atoms in total. The normalized spacial score (nSPS) is 15.1. The van der Waals surface area contributed by atoms with Crippen molar-refractivity contribution in [2.75, 3.05) is 0 Å². The summed E-state index contributed by atoms with van der Waals surface area (Å²) in [5, 5.41) is 1.13. The first kappa shape index (κ1) is 21.7. The number of hydrogen-bond acceptors (Lipinski definition) is 2. The van der Waals surface area contributed by atoms with Crippen LogP contribution in [-0.2, 0) is 17.1 Å². The topological polar surface area (TPSA) is 12.4 Å². The SMILES string of the molecule is Clc1ccc(C2=Nc3ccccc3SC(c3cc[cH-]c3)C2)cc1.[Fe+2].c1cc[cH-]c1.